The summed E-state index contributed by atoms with van der Waals surface area (Å²) in [6.07, 6.45) is 3.59. The lowest BCUT2D eigenvalue weighted by molar-refractivity contribution is 0.628. The molecule has 24 heavy (non-hydrogen) atoms. The van der Waals surface area contributed by atoms with Crippen LogP contribution in [0.25, 0.3) is 11.1 Å². The van der Waals surface area contributed by atoms with Gasteiger partial charge in [-0.3, -0.25) is 4.98 Å². The average Bonchev–Trinajstić information content (AvgIpc) is 2.99. The molecular weight excluding hydrogens is 303 g/mol. The zero-order valence-electron chi connectivity index (χ0n) is 13.3. The van der Waals surface area contributed by atoms with Crippen molar-refractivity contribution in [1.29, 1.82) is 0 Å². The molecule has 0 amide bonds. The lowest BCUT2D eigenvalue weighted by Gasteiger charge is -2.18. The molecule has 0 saturated carbocycles. The molecule has 3 aromatic rings. The Hall–Kier alpha value is -2.95. The fourth-order valence-electron chi connectivity index (χ4n) is 2.92. The van der Waals surface area contributed by atoms with Crippen LogP contribution in [0.1, 0.15) is 11.3 Å². The second kappa shape index (κ2) is 5.92. The van der Waals surface area contributed by atoms with Gasteiger partial charge in [0.15, 0.2) is 5.82 Å². The average molecular weight is 320 g/mol. The van der Waals surface area contributed by atoms with Crippen molar-refractivity contribution in [3.8, 4) is 11.1 Å². The molecule has 0 aliphatic carbocycles. The molecular formula is C19H17FN4. The molecule has 0 saturated heterocycles. The minimum atomic E-state index is -0.243. The van der Waals surface area contributed by atoms with Crippen molar-refractivity contribution in [2.75, 3.05) is 16.9 Å². The van der Waals surface area contributed by atoms with Gasteiger partial charge in [-0.15, -0.1) is 0 Å². The number of aryl methyl sites for hydroxylation is 1. The second-order valence-electron chi connectivity index (χ2n) is 5.90. The van der Waals surface area contributed by atoms with Crippen LogP contribution < -0.4 is 10.2 Å². The number of rotatable bonds is 3. The number of hydrogen-bond acceptors (Lipinski definition) is 4. The summed E-state index contributed by atoms with van der Waals surface area (Å²) in [5.41, 5.74) is 4.95. The van der Waals surface area contributed by atoms with Crippen LogP contribution in [0.5, 0.6) is 0 Å². The molecule has 1 aliphatic rings. The van der Waals surface area contributed by atoms with E-state index in [9.17, 15) is 4.39 Å². The zero-order chi connectivity index (χ0) is 16.5. The quantitative estimate of drug-likeness (QED) is 0.792. The summed E-state index contributed by atoms with van der Waals surface area (Å²) >= 11 is 0. The molecule has 4 nitrogen and oxygen atoms in total. The van der Waals surface area contributed by atoms with Gasteiger partial charge in [-0.1, -0.05) is 18.2 Å². The maximum absolute atomic E-state index is 13.5. The van der Waals surface area contributed by atoms with E-state index in [0.29, 0.717) is 13.2 Å². The van der Waals surface area contributed by atoms with E-state index in [2.05, 4.69) is 39.2 Å². The Morgan fingerprint density at radius 2 is 2.04 bits per heavy atom. The molecule has 3 heterocycles. The Labute approximate surface area is 140 Å². The molecule has 5 heteroatoms. The SMILES string of the molecule is Cc1cccnc1CN1CNc2ncc(-c3cccc(F)c3)cc21. The summed E-state index contributed by atoms with van der Waals surface area (Å²) in [6.45, 7) is 3.46. The van der Waals surface area contributed by atoms with Crippen molar-refractivity contribution in [1.82, 2.24) is 9.97 Å². The first-order chi connectivity index (χ1) is 11.7. The largest absolute Gasteiger partial charge is 0.351 e. The summed E-state index contributed by atoms with van der Waals surface area (Å²) < 4.78 is 13.5. The summed E-state index contributed by atoms with van der Waals surface area (Å²) in [7, 11) is 0. The first-order valence-corrected chi connectivity index (χ1v) is 7.86. The van der Waals surface area contributed by atoms with Gasteiger partial charge in [-0.2, -0.15) is 0 Å². The van der Waals surface area contributed by atoms with Crippen molar-refractivity contribution >= 4 is 11.5 Å². The van der Waals surface area contributed by atoms with Crippen LogP contribution in [0.3, 0.4) is 0 Å². The topological polar surface area (TPSA) is 41.1 Å². The molecule has 4 rings (SSSR count). The maximum Gasteiger partial charge on any atom is 0.151 e. The third kappa shape index (κ3) is 2.69. The Balaban J connectivity index is 1.67. The highest BCUT2D eigenvalue weighted by molar-refractivity contribution is 5.77. The molecule has 1 N–H and O–H groups in total. The predicted molar refractivity (Wildman–Crippen MR) is 93.3 cm³/mol. The third-order valence-electron chi connectivity index (χ3n) is 4.26. The number of nitrogens with zero attached hydrogens (tertiary/aromatic N) is 3. The lowest BCUT2D eigenvalue weighted by Crippen LogP contribution is -2.23. The first kappa shape index (κ1) is 14.6. The summed E-state index contributed by atoms with van der Waals surface area (Å²) in [4.78, 5) is 11.1. The molecule has 120 valence electrons. The summed E-state index contributed by atoms with van der Waals surface area (Å²) in [5.74, 6) is 0.607. The molecule has 1 aromatic carbocycles. The van der Waals surface area contributed by atoms with Gasteiger partial charge < -0.3 is 10.2 Å². The second-order valence-corrected chi connectivity index (χ2v) is 5.90. The third-order valence-corrected chi connectivity index (χ3v) is 4.26. The molecule has 0 spiro atoms. The fraction of sp³-hybridized carbons (Fsp3) is 0.158. The van der Waals surface area contributed by atoms with Gasteiger partial charge in [0, 0.05) is 18.0 Å². The van der Waals surface area contributed by atoms with E-state index in [1.807, 2.05) is 18.3 Å². The van der Waals surface area contributed by atoms with E-state index in [-0.39, 0.29) is 5.82 Å². The number of fused-ring (bicyclic) bond motifs is 1. The molecule has 0 unspecified atom stereocenters. The van der Waals surface area contributed by atoms with E-state index in [1.54, 1.807) is 12.3 Å². The van der Waals surface area contributed by atoms with Crippen molar-refractivity contribution in [2.45, 2.75) is 13.5 Å². The highest BCUT2D eigenvalue weighted by Gasteiger charge is 2.21. The number of pyridine rings is 2. The van der Waals surface area contributed by atoms with Gasteiger partial charge in [0.05, 0.1) is 24.6 Å². The fourth-order valence-corrected chi connectivity index (χ4v) is 2.92. The van der Waals surface area contributed by atoms with Gasteiger partial charge in [-0.05, 0) is 42.3 Å². The van der Waals surface area contributed by atoms with Gasteiger partial charge >= 0.3 is 0 Å². The molecule has 0 bridgehead atoms. The Morgan fingerprint density at radius 1 is 1.12 bits per heavy atom. The van der Waals surface area contributed by atoms with Crippen molar-refractivity contribution in [2.24, 2.45) is 0 Å². The molecule has 0 atom stereocenters. The van der Waals surface area contributed by atoms with Crippen LogP contribution in [0.15, 0.2) is 54.9 Å². The number of aromatic nitrogens is 2. The number of halogens is 1. The first-order valence-electron chi connectivity index (χ1n) is 7.86. The highest BCUT2D eigenvalue weighted by Crippen LogP contribution is 2.34. The van der Waals surface area contributed by atoms with Crippen molar-refractivity contribution in [3.05, 3.63) is 71.9 Å². The van der Waals surface area contributed by atoms with E-state index in [1.165, 1.54) is 17.7 Å². The van der Waals surface area contributed by atoms with Crippen LogP contribution in [0, 0.1) is 12.7 Å². The van der Waals surface area contributed by atoms with E-state index in [0.717, 1.165) is 28.3 Å². The minimum absolute atomic E-state index is 0.243. The van der Waals surface area contributed by atoms with Gasteiger partial charge in [0.25, 0.3) is 0 Å². The van der Waals surface area contributed by atoms with Crippen molar-refractivity contribution in [3.63, 3.8) is 0 Å². The normalized spacial score (nSPS) is 12.8. The van der Waals surface area contributed by atoms with Gasteiger partial charge in [0.1, 0.15) is 5.82 Å². The Morgan fingerprint density at radius 3 is 2.88 bits per heavy atom. The predicted octanol–water partition coefficient (Wildman–Crippen LogP) is 3.98. The summed E-state index contributed by atoms with van der Waals surface area (Å²) in [5, 5.41) is 3.29. The zero-order valence-corrected chi connectivity index (χ0v) is 13.3. The van der Waals surface area contributed by atoms with Crippen LogP contribution in [-0.4, -0.2) is 16.6 Å². The maximum atomic E-state index is 13.5. The molecule has 0 radical (unpaired) electrons. The van der Waals surface area contributed by atoms with E-state index >= 15 is 0 Å². The van der Waals surface area contributed by atoms with Gasteiger partial charge in [-0.25, -0.2) is 9.37 Å². The number of benzene rings is 1. The Kier molecular flexibility index (Phi) is 3.61. The number of hydrogen-bond donors (Lipinski definition) is 1. The Bertz CT molecular complexity index is 894. The highest BCUT2D eigenvalue weighted by atomic mass is 19.1. The standard InChI is InChI=1S/C19H17FN4/c1-13-4-3-7-21-17(13)11-24-12-23-19-18(24)9-15(10-22-19)14-5-2-6-16(20)8-14/h2-10H,11-12H2,1H3,(H,22,23). The monoisotopic (exact) mass is 320 g/mol. The van der Waals surface area contributed by atoms with Crippen molar-refractivity contribution < 1.29 is 4.39 Å². The molecule has 1 aliphatic heterocycles. The van der Waals surface area contributed by atoms with Crippen LogP contribution in [0.2, 0.25) is 0 Å². The van der Waals surface area contributed by atoms with Crippen LogP contribution in [-0.2, 0) is 6.54 Å². The van der Waals surface area contributed by atoms with E-state index in [4.69, 9.17) is 0 Å². The van der Waals surface area contributed by atoms with Gasteiger partial charge in [0.2, 0.25) is 0 Å². The number of nitrogens with one attached hydrogen (secondary N) is 1. The van der Waals surface area contributed by atoms with E-state index < -0.39 is 0 Å². The van der Waals surface area contributed by atoms with Crippen LogP contribution in [0.4, 0.5) is 15.9 Å². The smallest absolute Gasteiger partial charge is 0.151 e. The number of anilines is 2. The molecule has 2 aromatic heterocycles. The molecule has 0 fully saturated rings. The lowest BCUT2D eigenvalue weighted by atomic mass is 10.1. The summed E-state index contributed by atoms with van der Waals surface area (Å²) in [6, 6.07) is 12.6. The van der Waals surface area contributed by atoms with Crippen LogP contribution >= 0.6 is 0 Å². The minimum Gasteiger partial charge on any atom is -0.351 e.